The van der Waals surface area contributed by atoms with Crippen molar-refractivity contribution in [1.82, 2.24) is 20.4 Å². The molecule has 0 bridgehead atoms. The van der Waals surface area contributed by atoms with Crippen LogP contribution in [0.3, 0.4) is 0 Å². The lowest BCUT2D eigenvalue weighted by Gasteiger charge is -2.36. The predicted octanol–water partition coefficient (Wildman–Crippen LogP) is 2.75. The zero-order valence-electron chi connectivity index (χ0n) is 17.9. The molecule has 0 aromatic heterocycles. The Morgan fingerprint density at radius 3 is 2.48 bits per heavy atom. The molecule has 1 unspecified atom stereocenters. The van der Waals surface area contributed by atoms with E-state index in [1.807, 2.05) is 19.2 Å². The van der Waals surface area contributed by atoms with Gasteiger partial charge in [0.15, 0.2) is 5.96 Å². The molecule has 2 aliphatic heterocycles. The van der Waals surface area contributed by atoms with E-state index in [-0.39, 0.29) is 6.04 Å². The first-order valence-corrected chi connectivity index (χ1v) is 11.3. The number of nitrogens with one attached hydrogen (secondary N) is 2. The molecule has 0 radical (unpaired) electrons. The van der Waals surface area contributed by atoms with Gasteiger partial charge in [-0.2, -0.15) is 0 Å². The summed E-state index contributed by atoms with van der Waals surface area (Å²) in [5.41, 5.74) is 1.27. The average Bonchev–Trinajstić information content (AvgIpc) is 2.76. The zero-order chi connectivity index (χ0) is 20.5. The SMILES string of the molecule is CCCN1CCC(NC(=NC)NCC(c2ccc(Cl)cc2)N2CCOCC2)CC1. The molecule has 0 aliphatic carbocycles. The molecule has 1 aromatic rings. The Morgan fingerprint density at radius 2 is 1.86 bits per heavy atom. The molecule has 0 spiro atoms. The summed E-state index contributed by atoms with van der Waals surface area (Å²) in [6.07, 6.45) is 3.57. The molecule has 6 nitrogen and oxygen atoms in total. The van der Waals surface area contributed by atoms with E-state index in [0.29, 0.717) is 6.04 Å². The Bertz CT molecular complexity index is 625. The number of piperidine rings is 1. The Kier molecular flexibility index (Phi) is 9.05. The van der Waals surface area contributed by atoms with Gasteiger partial charge in [0, 0.05) is 50.8 Å². The van der Waals surface area contributed by atoms with E-state index >= 15 is 0 Å². The van der Waals surface area contributed by atoms with Crippen LogP contribution in [0, 0.1) is 0 Å². The third kappa shape index (κ3) is 6.85. The molecule has 2 fully saturated rings. The second-order valence-electron chi connectivity index (χ2n) is 7.93. The molecule has 2 heterocycles. The third-order valence-electron chi connectivity index (χ3n) is 5.90. The minimum atomic E-state index is 0.265. The number of hydrogen-bond donors (Lipinski definition) is 2. The zero-order valence-corrected chi connectivity index (χ0v) is 18.6. The number of hydrogen-bond acceptors (Lipinski definition) is 4. The molecule has 7 heteroatoms. The highest BCUT2D eigenvalue weighted by atomic mass is 35.5. The lowest BCUT2D eigenvalue weighted by molar-refractivity contribution is 0.0170. The van der Waals surface area contributed by atoms with Crippen molar-refractivity contribution < 1.29 is 4.74 Å². The molecule has 1 atom stereocenters. The highest BCUT2D eigenvalue weighted by molar-refractivity contribution is 6.30. The van der Waals surface area contributed by atoms with Gasteiger partial charge in [-0.3, -0.25) is 9.89 Å². The van der Waals surface area contributed by atoms with Crippen LogP contribution in [0.4, 0.5) is 0 Å². The number of halogens is 1. The highest BCUT2D eigenvalue weighted by Crippen LogP contribution is 2.23. The van der Waals surface area contributed by atoms with Gasteiger partial charge in [-0.05, 0) is 43.5 Å². The van der Waals surface area contributed by atoms with Gasteiger partial charge >= 0.3 is 0 Å². The fraction of sp³-hybridized carbons (Fsp3) is 0.682. The molecule has 162 valence electrons. The van der Waals surface area contributed by atoms with Crippen molar-refractivity contribution in [3.8, 4) is 0 Å². The van der Waals surface area contributed by atoms with Crippen LogP contribution in [0.1, 0.15) is 37.8 Å². The number of guanidine groups is 1. The van der Waals surface area contributed by atoms with Crippen molar-refractivity contribution in [3.63, 3.8) is 0 Å². The lowest BCUT2D eigenvalue weighted by Crippen LogP contribution is -2.51. The number of morpholine rings is 1. The van der Waals surface area contributed by atoms with Gasteiger partial charge in [0.05, 0.1) is 19.3 Å². The molecule has 29 heavy (non-hydrogen) atoms. The topological polar surface area (TPSA) is 52.1 Å². The number of nitrogens with zero attached hydrogens (tertiary/aromatic N) is 3. The Balaban J connectivity index is 1.56. The van der Waals surface area contributed by atoms with Gasteiger partial charge in [0.1, 0.15) is 0 Å². The van der Waals surface area contributed by atoms with Crippen LogP contribution in [0.2, 0.25) is 5.02 Å². The van der Waals surface area contributed by atoms with Crippen LogP contribution in [0.5, 0.6) is 0 Å². The van der Waals surface area contributed by atoms with Crippen LogP contribution >= 0.6 is 11.6 Å². The smallest absolute Gasteiger partial charge is 0.191 e. The van der Waals surface area contributed by atoms with Crippen LogP contribution in [0.15, 0.2) is 29.3 Å². The van der Waals surface area contributed by atoms with E-state index in [2.05, 4.69) is 44.5 Å². The molecule has 0 amide bonds. The Labute approximate surface area is 180 Å². The van der Waals surface area contributed by atoms with Crippen molar-refractivity contribution in [1.29, 1.82) is 0 Å². The molecular formula is C22H36ClN5O. The minimum Gasteiger partial charge on any atom is -0.379 e. The van der Waals surface area contributed by atoms with Crippen LogP contribution in [-0.2, 0) is 4.74 Å². The first kappa shape index (κ1) is 22.3. The molecule has 2 saturated heterocycles. The molecular weight excluding hydrogens is 386 g/mol. The standard InChI is InChI=1S/C22H36ClN5O/c1-3-10-27-11-8-20(9-12-27)26-22(24-2)25-17-21(28-13-15-29-16-14-28)18-4-6-19(23)7-5-18/h4-7,20-21H,3,8-17H2,1-2H3,(H2,24,25,26). The maximum atomic E-state index is 6.11. The molecule has 1 aromatic carbocycles. The second-order valence-corrected chi connectivity index (χ2v) is 8.37. The van der Waals surface area contributed by atoms with Gasteiger partial charge in [0.2, 0.25) is 0 Å². The van der Waals surface area contributed by atoms with E-state index in [4.69, 9.17) is 16.3 Å². The summed E-state index contributed by atoms with van der Waals surface area (Å²) in [5, 5.41) is 7.98. The van der Waals surface area contributed by atoms with Gasteiger partial charge in [0.25, 0.3) is 0 Å². The number of aliphatic imine (C=N–C) groups is 1. The van der Waals surface area contributed by atoms with Crippen LogP contribution < -0.4 is 10.6 Å². The van der Waals surface area contributed by atoms with Crippen LogP contribution in [0.25, 0.3) is 0 Å². The molecule has 3 rings (SSSR count). The van der Waals surface area contributed by atoms with Crippen molar-refractivity contribution >= 4 is 17.6 Å². The molecule has 2 N–H and O–H groups in total. The largest absolute Gasteiger partial charge is 0.379 e. The van der Waals surface area contributed by atoms with E-state index in [1.54, 1.807) is 0 Å². The average molecular weight is 422 g/mol. The summed E-state index contributed by atoms with van der Waals surface area (Å²) < 4.78 is 5.55. The van der Waals surface area contributed by atoms with Crippen molar-refractivity contribution in [3.05, 3.63) is 34.9 Å². The van der Waals surface area contributed by atoms with Gasteiger partial charge in [-0.25, -0.2) is 0 Å². The van der Waals surface area contributed by atoms with E-state index in [0.717, 1.165) is 43.8 Å². The van der Waals surface area contributed by atoms with Gasteiger partial charge in [-0.1, -0.05) is 30.7 Å². The summed E-state index contributed by atoms with van der Waals surface area (Å²) in [5.74, 6) is 0.895. The summed E-state index contributed by atoms with van der Waals surface area (Å²) in [6, 6.07) is 8.96. The molecule has 2 aliphatic rings. The lowest BCUT2D eigenvalue weighted by atomic mass is 10.0. The first-order valence-electron chi connectivity index (χ1n) is 11.0. The monoisotopic (exact) mass is 421 g/mol. The summed E-state index contributed by atoms with van der Waals surface area (Å²) in [7, 11) is 1.85. The summed E-state index contributed by atoms with van der Waals surface area (Å²) >= 11 is 6.11. The Morgan fingerprint density at radius 1 is 1.17 bits per heavy atom. The summed E-state index contributed by atoms with van der Waals surface area (Å²) in [4.78, 5) is 9.52. The summed E-state index contributed by atoms with van der Waals surface area (Å²) in [6.45, 7) is 10.1. The third-order valence-corrected chi connectivity index (χ3v) is 6.15. The predicted molar refractivity (Wildman–Crippen MR) is 121 cm³/mol. The molecule has 0 saturated carbocycles. The quantitative estimate of drug-likeness (QED) is 0.523. The van der Waals surface area contributed by atoms with Crippen LogP contribution in [-0.4, -0.2) is 81.3 Å². The number of ether oxygens (including phenoxy) is 1. The van der Waals surface area contributed by atoms with Crippen molar-refractivity contribution in [2.75, 3.05) is 59.5 Å². The number of rotatable bonds is 7. The van der Waals surface area contributed by atoms with E-state index in [1.165, 1.54) is 44.5 Å². The van der Waals surface area contributed by atoms with Crippen molar-refractivity contribution in [2.45, 2.75) is 38.3 Å². The Hall–Kier alpha value is -1.34. The van der Waals surface area contributed by atoms with Crippen molar-refractivity contribution in [2.24, 2.45) is 4.99 Å². The maximum absolute atomic E-state index is 6.11. The fourth-order valence-electron chi connectivity index (χ4n) is 4.23. The van der Waals surface area contributed by atoms with E-state index in [9.17, 15) is 0 Å². The van der Waals surface area contributed by atoms with E-state index < -0.39 is 0 Å². The normalized spacial score (nSPS) is 21.1. The van der Waals surface area contributed by atoms with Gasteiger partial charge < -0.3 is 20.3 Å². The highest BCUT2D eigenvalue weighted by Gasteiger charge is 2.24. The number of likely N-dealkylation sites (tertiary alicyclic amines) is 1. The minimum absolute atomic E-state index is 0.265. The second kappa shape index (κ2) is 11.7. The fourth-order valence-corrected chi connectivity index (χ4v) is 4.36. The van der Waals surface area contributed by atoms with Gasteiger partial charge in [-0.15, -0.1) is 0 Å². The number of benzene rings is 1. The first-order chi connectivity index (χ1) is 14.2. The maximum Gasteiger partial charge on any atom is 0.191 e.